The lowest BCUT2D eigenvalue weighted by molar-refractivity contribution is -0.120. The quantitative estimate of drug-likeness (QED) is 0.0874. The summed E-state index contributed by atoms with van der Waals surface area (Å²) in [6.07, 6.45) is -2.19. The summed E-state index contributed by atoms with van der Waals surface area (Å²) in [6.45, 7) is 0.945. The maximum Gasteiger partial charge on any atom is 0.407 e. The predicted octanol–water partition coefficient (Wildman–Crippen LogP) is 1.42. The van der Waals surface area contributed by atoms with E-state index in [4.69, 9.17) is 14.2 Å². The van der Waals surface area contributed by atoms with Crippen molar-refractivity contribution >= 4 is 36.0 Å². The third-order valence-electron chi connectivity index (χ3n) is 7.07. The lowest BCUT2D eigenvalue weighted by Gasteiger charge is -2.23. The highest BCUT2D eigenvalue weighted by Crippen LogP contribution is 2.02. The van der Waals surface area contributed by atoms with Gasteiger partial charge in [-0.1, -0.05) is 91.0 Å². The average molecular weight is 720 g/mol. The zero-order chi connectivity index (χ0) is 37.2. The molecule has 16 heteroatoms. The van der Waals surface area contributed by atoms with E-state index < -0.39 is 36.0 Å². The van der Waals surface area contributed by atoms with E-state index in [0.717, 1.165) is 16.7 Å². The fourth-order valence-corrected chi connectivity index (χ4v) is 4.36. The van der Waals surface area contributed by atoms with Gasteiger partial charge in [0.05, 0.1) is 19.6 Å². The smallest absolute Gasteiger partial charge is 0.407 e. The number of rotatable bonds is 21. The van der Waals surface area contributed by atoms with E-state index in [1.807, 2.05) is 95.9 Å². The molecule has 0 aliphatic rings. The van der Waals surface area contributed by atoms with Crippen molar-refractivity contribution in [1.29, 1.82) is 0 Å². The van der Waals surface area contributed by atoms with Crippen molar-refractivity contribution in [3.05, 3.63) is 108 Å². The molecule has 0 radical (unpaired) electrons. The summed E-state index contributed by atoms with van der Waals surface area (Å²) < 4.78 is 15.3. The summed E-state index contributed by atoms with van der Waals surface area (Å²) in [6, 6.07) is 27.3. The summed E-state index contributed by atoms with van der Waals surface area (Å²) in [5.74, 6) is -1.31. The van der Waals surface area contributed by atoms with Crippen molar-refractivity contribution in [2.45, 2.75) is 19.8 Å². The fraction of sp³-hybridized carbons (Fsp3) is 0.333. The molecule has 0 saturated carbocycles. The molecule has 0 aliphatic heterocycles. The molecule has 0 unspecified atom stereocenters. The van der Waals surface area contributed by atoms with Gasteiger partial charge in [0, 0.05) is 39.3 Å². The van der Waals surface area contributed by atoms with Gasteiger partial charge in [0.1, 0.15) is 19.8 Å². The average Bonchev–Trinajstić information content (AvgIpc) is 3.17. The zero-order valence-corrected chi connectivity index (χ0v) is 28.8. The zero-order valence-electron chi connectivity index (χ0n) is 28.8. The van der Waals surface area contributed by atoms with Gasteiger partial charge in [-0.15, -0.1) is 0 Å². The second kappa shape index (κ2) is 24.1. The number of ether oxygens (including phenoxy) is 3. The molecule has 0 aromatic heterocycles. The summed E-state index contributed by atoms with van der Waals surface area (Å²) in [7, 11) is 0. The van der Waals surface area contributed by atoms with Crippen LogP contribution in [-0.4, -0.2) is 99.8 Å². The van der Waals surface area contributed by atoms with Crippen molar-refractivity contribution < 1.29 is 43.0 Å². The number of alkyl carbamates (subject to hydrolysis) is 3. The van der Waals surface area contributed by atoms with Gasteiger partial charge in [0.25, 0.3) is 0 Å². The fourth-order valence-electron chi connectivity index (χ4n) is 4.36. The molecule has 3 rings (SSSR count). The molecule has 0 saturated heterocycles. The molecule has 3 aromatic carbocycles. The first-order chi connectivity index (χ1) is 25.3. The Morgan fingerprint density at radius 2 is 0.673 bits per heavy atom. The van der Waals surface area contributed by atoms with E-state index in [1.54, 1.807) is 0 Å². The number of amides is 6. The van der Waals surface area contributed by atoms with Crippen molar-refractivity contribution in [2.24, 2.45) is 0 Å². The van der Waals surface area contributed by atoms with Crippen LogP contribution in [0.3, 0.4) is 0 Å². The van der Waals surface area contributed by atoms with Gasteiger partial charge in [-0.2, -0.15) is 0 Å². The first kappa shape index (κ1) is 40.3. The summed E-state index contributed by atoms with van der Waals surface area (Å²) in [5, 5.41) is 15.3. The molecule has 0 fully saturated rings. The number of nitrogens with one attached hydrogen (secondary N) is 6. The first-order valence-corrected chi connectivity index (χ1v) is 16.6. The maximum atomic E-state index is 12.3. The number of carbonyl (C=O) groups excluding carboxylic acids is 6. The minimum Gasteiger partial charge on any atom is -0.445 e. The van der Waals surface area contributed by atoms with Gasteiger partial charge in [0.2, 0.25) is 17.7 Å². The lowest BCUT2D eigenvalue weighted by Crippen LogP contribution is -2.46. The molecule has 16 nitrogen and oxygen atoms in total. The van der Waals surface area contributed by atoms with Gasteiger partial charge >= 0.3 is 18.3 Å². The molecule has 0 bridgehead atoms. The molecule has 278 valence electrons. The van der Waals surface area contributed by atoms with Crippen LogP contribution in [0.2, 0.25) is 0 Å². The third kappa shape index (κ3) is 18.6. The number of hydrogen-bond acceptors (Lipinski definition) is 10. The molecule has 0 spiro atoms. The highest BCUT2D eigenvalue weighted by Gasteiger charge is 2.12. The molecular weight excluding hydrogens is 674 g/mol. The van der Waals surface area contributed by atoms with Crippen molar-refractivity contribution in [2.75, 3.05) is 58.9 Å². The Morgan fingerprint density at radius 3 is 0.942 bits per heavy atom. The van der Waals surface area contributed by atoms with E-state index >= 15 is 0 Å². The predicted molar refractivity (Wildman–Crippen MR) is 189 cm³/mol. The molecule has 0 atom stereocenters. The van der Waals surface area contributed by atoms with Crippen LogP contribution >= 0.6 is 0 Å². The monoisotopic (exact) mass is 719 g/mol. The molecule has 52 heavy (non-hydrogen) atoms. The van der Waals surface area contributed by atoms with Gasteiger partial charge in [-0.25, -0.2) is 14.4 Å². The Kier molecular flexibility index (Phi) is 18.6. The van der Waals surface area contributed by atoms with Crippen LogP contribution in [-0.2, 0) is 48.4 Å². The van der Waals surface area contributed by atoms with Crippen LogP contribution < -0.4 is 31.9 Å². The largest absolute Gasteiger partial charge is 0.445 e. The second-order valence-corrected chi connectivity index (χ2v) is 11.1. The van der Waals surface area contributed by atoms with Crippen LogP contribution in [0.25, 0.3) is 0 Å². The van der Waals surface area contributed by atoms with E-state index in [1.165, 1.54) is 0 Å². The van der Waals surface area contributed by atoms with Crippen LogP contribution in [0.1, 0.15) is 16.7 Å². The van der Waals surface area contributed by atoms with Gasteiger partial charge in [-0.3, -0.25) is 19.3 Å². The Hall–Kier alpha value is -6.16. The first-order valence-electron chi connectivity index (χ1n) is 16.6. The minimum atomic E-state index is -0.731. The lowest BCUT2D eigenvalue weighted by atomic mass is 10.2. The van der Waals surface area contributed by atoms with E-state index in [9.17, 15) is 28.8 Å². The van der Waals surface area contributed by atoms with Gasteiger partial charge in [0.15, 0.2) is 0 Å². The van der Waals surface area contributed by atoms with E-state index in [-0.39, 0.29) is 59.1 Å². The van der Waals surface area contributed by atoms with E-state index in [2.05, 4.69) is 31.9 Å². The molecule has 0 heterocycles. The normalized spacial score (nSPS) is 10.3. The maximum absolute atomic E-state index is 12.3. The number of nitrogens with zero attached hydrogens (tertiary/aromatic N) is 1. The van der Waals surface area contributed by atoms with Gasteiger partial charge in [-0.05, 0) is 16.7 Å². The summed E-state index contributed by atoms with van der Waals surface area (Å²) in [4.78, 5) is 74.7. The third-order valence-corrected chi connectivity index (χ3v) is 7.07. The Labute approximate surface area is 301 Å². The number of hydrogen-bond donors (Lipinski definition) is 6. The van der Waals surface area contributed by atoms with E-state index in [0.29, 0.717) is 19.6 Å². The van der Waals surface area contributed by atoms with Gasteiger partial charge < -0.3 is 46.1 Å². The SMILES string of the molecule is O=C(CNC(=O)OCc1ccccc1)NCCN(CCNC(=O)CNC(=O)OCc1ccccc1)CCNC(=O)CNC(=O)OCc1ccccc1. The molecule has 0 aliphatic carbocycles. The molecule has 3 aromatic rings. The van der Waals surface area contributed by atoms with Crippen LogP contribution in [0.5, 0.6) is 0 Å². The highest BCUT2D eigenvalue weighted by atomic mass is 16.6. The second-order valence-electron chi connectivity index (χ2n) is 11.1. The Balaban J connectivity index is 1.35. The highest BCUT2D eigenvalue weighted by molar-refractivity contribution is 5.83. The summed E-state index contributed by atoms with van der Waals surface area (Å²) in [5.41, 5.74) is 2.43. The van der Waals surface area contributed by atoms with Crippen LogP contribution in [0.15, 0.2) is 91.0 Å². The number of benzene rings is 3. The molecule has 6 amide bonds. The molecular formula is C36H45N7O9. The van der Waals surface area contributed by atoms with Crippen LogP contribution in [0.4, 0.5) is 14.4 Å². The molecule has 6 N–H and O–H groups in total. The van der Waals surface area contributed by atoms with Crippen molar-refractivity contribution in [1.82, 2.24) is 36.8 Å². The topological polar surface area (TPSA) is 206 Å². The number of carbonyl (C=O) groups is 6. The standard InChI is InChI=1S/C36H45N7O9/c44-31(22-40-34(47)50-25-28-10-4-1-5-11-28)37-16-19-43(20-17-38-32(45)23-41-35(48)51-26-29-12-6-2-7-13-29)21-18-39-33(46)24-42-36(49)52-27-30-14-8-3-9-15-30/h1-15H,16-27H2,(H,37,44)(H,38,45)(H,39,46)(H,40,47)(H,41,48)(H,42,49). The van der Waals surface area contributed by atoms with Crippen LogP contribution in [0, 0.1) is 0 Å². The summed E-state index contributed by atoms with van der Waals surface area (Å²) >= 11 is 0. The Morgan fingerprint density at radius 1 is 0.404 bits per heavy atom. The van der Waals surface area contributed by atoms with Crippen molar-refractivity contribution in [3.63, 3.8) is 0 Å². The Bertz CT molecular complexity index is 1360. The minimum absolute atomic E-state index is 0.0686. The van der Waals surface area contributed by atoms with Crippen molar-refractivity contribution in [3.8, 4) is 0 Å².